The molecule has 1 aromatic rings. The van der Waals surface area contributed by atoms with Crippen molar-refractivity contribution >= 4 is 21.6 Å². The quantitative estimate of drug-likeness (QED) is 0.722. The van der Waals surface area contributed by atoms with Crippen molar-refractivity contribution in [2.75, 3.05) is 18.0 Å². The first-order valence-corrected chi connectivity index (χ1v) is 7.64. The zero-order chi connectivity index (χ0) is 13.3. The van der Waals surface area contributed by atoms with Crippen molar-refractivity contribution in [2.45, 2.75) is 32.5 Å². The largest absolute Gasteiger partial charge is 0.371 e. The molecular formula is C15H21BrFN. The van der Waals surface area contributed by atoms with Gasteiger partial charge in [-0.05, 0) is 29.9 Å². The zero-order valence-electron chi connectivity index (χ0n) is 11.3. The molecular weight excluding hydrogens is 293 g/mol. The predicted molar refractivity (Wildman–Crippen MR) is 78.8 cm³/mol. The second kappa shape index (κ2) is 5.20. The highest BCUT2D eigenvalue weighted by Gasteiger charge is 2.32. The van der Waals surface area contributed by atoms with Crippen LogP contribution in [0.5, 0.6) is 0 Å². The van der Waals surface area contributed by atoms with E-state index in [-0.39, 0.29) is 5.82 Å². The molecule has 1 heterocycles. The molecule has 1 fully saturated rings. The Labute approximate surface area is 118 Å². The summed E-state index contributed by atoms with van der Waals surface area (Å²) in [5.74, 6) is 0.576. The molecule has 0 aromatic heterocycles. The van der Waals surface area contributed by atoms with Crippen molar-refractivity contribution in [3.05, 3.63) is 29.6 Å². The number of hydrogen-bond acceptors (Lipinski definition) is 1. The van der Waals surface area contributed by atoms with E-state index in [4.69, 9.17) is 0 Å². The Balaban J connectivity index is 2.22. The molecule has 1 saturated heterocycles. The maximum absolute atomic E-state index is 13.8. The lowest BCUT2D eigenvalue weighted by atomic mass is 9.80. The minimum atomic E-state index is -0.108. The molecule has 1 aliphatic rings. The van der Waals surface area contributed by atoms with Crippen LogP contribution in [0, 0.1) is 17.2 Å². The number of halogens is 2. The Morgan fingerprint density at radius 1 is 1.39 bits per heavy atom. The van der Waals surface area contributed by atoms with Crippen LogP contribution in [0.1, 0.15) is 32.8 Å². The SMILES string of the molecule is CC(C)(C)C1CCN(c2cccc(F)c2CBr)C1. The van der Waals surface area contributed by atoms with Crippen molar-refractivity contribution in [2.24, 2.45) is 11.3 Å². The van der Waals surface area contributed by atoms with Crippen LogP contribution in [0.2, 0.25) is 0 Å². The smallest absolute Gasteiger partial charge is 0.129 e. The van der Waals surface area contributed by atoms with Crippen LogP contribution in [-0.2, 0) is 5.33 Å². The van der Waals surface area contributed by atoms with E-state index in [0.29, 0.717) is 16.7 Å². The lowest BCUT2D eigenvalue weighted by Gasteiger charge is -2.28. The average molecular weight is 314 g/mol. The highest BCUT2D eigenvalue weighted by Crippen LogP contribution is 2.37. The first kappa shape index (κ1) is 13.9. The molecule has 0 radical (unpaired) electrons. The third-order valence-corrected chi connectivity index (χ3v) is 4.54. The van der Waals surface area contributed by atoms with Crippen LogP contribution in [0.15, 0.2) is 18.2 Å². The van der Waals surface area contributed by atoms with E-state index in [2.05, 4.69) is 41.6 Å². The Kier molecular flexibility index (Phi) is 4.00. The molecule has 1 nitrogen and oxygen atoms in total. The highest BCUT2D eigenvalue weighted by molar-refractivity contribution is 9.08. The van der Waals surface area contributed by atoms with Crippen LogP contribution >= 0.6 is 15.9 Å². The molecule has 2 rings (SSSR count). The van der Waals surface area contributed by atoms with Crippen LogP contribution in [0.4, 0.5) is 10.1 Å². The standard InChI is InChI=1S/C15H21BrFN/c1-15(2,3)11-7-8-18(10-11)14-6-4-5-13(17)12(14)9-16/h4-6,11H,7-10H2,1-3H3. The highest BCUT2D eigenvalue weighted by atomic mass is 79.9. The number of benzene rings is 1. The molecule has 0 N–H and O–H groups in total. The third kappa shape index (κ3) is 2.71. The predicted octanol–water partition coefficient (Wildman–Crippen LogP) is 4.59. The second-order valence-corrected chi connectivity index (χ2v) is 6.73. The van der Waals surface area contributed by atoms with Gasteiger partial charge in [-0.2, -0.15) is 0 Å². The van der Waals surface area contributed by atoms with Gasteiger partial charge in [0.1, 0.15) is 5.82 Å². The van der Waals surface area contributed by atoms with Crippen molar-refractivity contribution in [3.63, 3.8) is 0 Å². The Bertz CT molecular complexity index is 425. The van der Waals surface area contributed by atoms with Crippen molar-refractivity contribution in [1.29, 1.82) is 0 Å². The van der Waals surface area contributed by atoms with Gasteiger partial charge in [0.2, 0.25) is 0 Å². The molecule has 0 aliphatic carbocycles. The van der Waals surface area contributed by atoms with E-state index in [9.17, 15) is 4.39 Å². The second-order valence-electron chi connectivity index (χ2n) is 6.17. The summed E-state index contributed by atoms with van der Waals surface area (Å²) in [6.45, 7) is 8.94. The topological polar surface area (TPSA) is 3.24 Å². The van der Waals surface area contributed by atoms with Gasteiger partial charge in [-0.25, -0.2) is 4.39 Å². The normalized spacial score (nSPS) is 20.5. The first-order chi connectivity index (χ1) is 8.43. The molecule has 0 spiro atoms. The summed E-state index contributed by atoms with van der Waals surface area (Å²) in [5.41, 5.74) is 2.17. The lowest BCUT2D eigenvalue weighted by molar-refractivity contribution is 0.263. The van der Waals surface area contributed by atoms with Gasteiger partial charge in [0, 0.05) is 29.7 Å². The van der Waals surface area contributed by atoms with Gasteiger partial charge in [-0.1, -0.05) is 42.8 Å². The summed E-state index contributed by atoms with van der Waals surface area (Å²) in [6.07, 6.45) is 1.20. The molecule has 1 aromatic carbocycles. The number of alkyl halides is 1. The van der Waals surface area contributed by atoms with Crippen molar-refractivity contribution in [1.82, 2.24) is 0 Å². The lowest BCUT2D eigenvalue weighted by Crippen LogP contribution is -2.26. The Hall–Kier alpha value is -0.570. The minimum Gasteiger partial charge on any atom is -0.371 e. The maximum Gasteiger partial charge on any atom is 0.129 e. The van der Waals surface area contributed by atoms with Crippen LogP contribution < -0.4 is 4.90 Å². The van der Waals surface area contributed by atoms with Crippen LogP contribution in [0.3, 0.4) is 0 Å². The summed E-state index contributed by atoms with van der Waals surface area (Å²) < 4.78 is 13.8. The van der Waals surface area contributed by atoms with Gasteiger partial charge >= 0.3 is 0 Å². The molecule has 1 unspecified atom stereocenters. The fraction of sp³-hybridized carbons (Fsp3) is 0.600. The molecule has 0 saturated carbocycles. The van der Waals surface area contributed by atoms with E-state index in [1.807, 2.05) is 6.07 Å². The fourth-order valence-electron chi connectivity index (χ4n) is 2.66. The van der Waals surface area contributed by atoms with E-state index < -0.39 is 0 Å². The number of nitrogens with zero attached hydrogens (tertiary/aromatic N) is 1. The molecule has 18 heavy (non-hydrogen) atoms. The average Bonchev–Trinajstić information content (AvgIpc) is 2.77. The summed E-state index contributed by atoms with van der Waals surface area (Å²) >= 11 is 3.39. The zero-order valence-corrected chi connectivity index (χ0v) is 12.9. The van der Waals surface area contributed by atoms with E-state index in [1.54, 1.807) is 6.07 Å². The van der Waals surface area contributed by atoms with Crippen LogP contribution in [0.25, 0.3) is 0 Å². The van der Waals surface area contributed by atoms with Gasteiger partial charge in [0.15, 0.2) is 0 Å². The van der Waals surface area contributed by atoms with Crippen LogP contribution in [-0.4, -0.2) is 13.1 Å². The van der Waals surface area contributed by atoms with Gasteiger partial charge in [0.05, 0.1) is 0 Å². The summed E-state index contributed by atoms with van der Waals surface area (Å²) in [7, 11) is 0. The molecule has 1 aliphatic heterocycles. The maximum atomic E-state index is 13.8. The number of rotatable bonds is 2. The minimum absolute atomic E-state index is 0.108. The molecule has 0 bridgehead atoms. The fourth-order valence-corrected chi connectivity index (χ4v) is 3.22. The molecule has 3 heteroatoms. The van der Waals surface area contributed by atoms with Gasteiger partial charge in [-0.3, -0.25) is 0 Å². The van der Waals surface area contributed by atoms with Crippen molar-refractivity contribution in [3.8, 4) is 0 Å². The Morgan fingerprint density at radius 3 is 2.67 bits per heavy atom. The number of hydrogen-bond donors (Lipinski definition) is 0. The third-order valence-electron chi connectivity index (χ3n) is 3.98. The summed E-state index contributed by atoms with van der Waals surface area (Å²) in [6, 6.07) is 5.38. The molecule has 1 atom stereocenters. The van der Waals surface area contributed by atoms with Gasteiger partial charge in [-0.15, -0.1) is 0 Å². The van der Waals surface area contributed by atoms with E-state index in [0.717, 1.165) is 24.3 Å². The van der Waals surface area contributed by atoms with Crippen molar-refractivity contribution < 1.29 is 4.39 Å². The Morgan fingerprint density at radius 2 is 2.11 bits per heavy atom. The molecule has 0 amide bonds. The summed E-state index contributed by atoms with van der Waals surface area (Å²) in [5, 5.41) is 0.575. The summed E-state index contributed by atoms with van der Waals surface area (Å²) in [4.78, 5) is 2.33. The van der Waals surface area contributed by atoms with E-state index >= 15 is 0 Å². The van der Waals surface area contributed by atoms with E-state index in [1.165, 1.54) is 12.5 Å². The van der Waals surface area contributed by atoms with Gasteiger partial charge < -0.3 is 4.90 Å². The number of anilines is 1. The van der Waals surface area contributed by atoms with Gasteiger partial charge in [0.25, 0.3) is 0 Å². The molecule has 100 valence electrons. The monoisotopic (exact) mass is 313 g/mol. The first-order valence-electron chi connectivity index (χ1n) is 6.52.